The summed E-state index contributed by atoms with van der Waals surface area (Å²) >= 11 is 1.42. The zero-order valence-electron chi connectivity index (χ0n) is 20.5. The lowest BCUT2D eigenvalue weighted by Gasteiger charge is -2.19. The first-order valence-corrected chi connectivity index (χ1v) is 13.1. The molecule has 0 N–H and O–H groups in total. The molecule has 182 valence electrons. The second kappa shape index (κ2) is 16.9. The first-order chi connectivity index (χ1) is 15.3. The highest BCUT2D eigenvalue weighted by atomic mass is 32.2. The Morgan fingerprint density at radius 3 is 2.00 bits per heavy atom. The molecule has 0 aliphatic rings. The Bertz CT molecular complexity index is 637. The first-order valence-electron chi connectivity index (χ1n) is 12.0. The van der Waals surface area contributed by atoms with E-state index in [1.54, 1.807) is 0 Å². The molecule has 5 nitrogen and oxygen atoms in total. The van der Waals surface area contributed by atoms with Gasteiger partial charge in [0.15, 0.2) is 5.78 Å². The van der Waals surface area contributed by atoms with Gasteiger partial charge in [0.1, 0.15) is 23.7 Å². The molecule has 0 radical (unpaired) electrons. The quantitative estimate of drug-likeness (QED) is 0.179. The van der Waals surface area contributed by atoms with Crippen LogP contribution in [0.25, 0.3) is 0 Å². The third-order valence-corrected chi connectivity index (χ3v) is 5.64. The molecule has 1 aromatic carbocycles. The van der Waals surface area contributed by atoms with E-state index in [9.17, 15) is 9.59 Å². The van der Waals surface area contributed by atoms with E-state index in [1.807, 2.05) is 45.0 Å². The normalized spacial score (nSPS) is 11.2. The van der Waals surface area contributed by atoms with Crippen LogP contribution in [-0.2, 0) is 14.3 Å². The van der Waals surface area contributed by atoms with Gasteiger partial charge in [0, 0.05) is 5.75 Å². The summed E-state index contributed by atoms with van der Waals surface area (Å²) in [6.07, 6.45) is 10.6. The van der Waals surface area contributed by atoms with Gasteiger partial charge in [-0.1, -0.05) is 51.9 Å². The molecule has 0 saturated carbocycles. The van der Waals surface area contributed by atoms with E-state index in [4.69, 9.17) is 14.2 Å². The highest BCUT2D eigenvalue weighted by molar-refractivity contribution is 7.99. The maximum Gasteiger partial charge on any atom is 0.307 e. The molecule has 1 rings (SSSR count). The zero-order valence-corrected chi connectivity index (χ0v) is 21.3. The SMILES string of the molecule is CCCCCCCCCCOc1ccc(OCC(=O)CSCCC(=O)OC(C)(C)C)cc1. The smallest absolute Gasteiger partial charge is 0.307 e. The van der Waals surface area contributed by atoms with Gasteiger partial charge in [-0.15, -0.1) is 0 Å². The Morgan fingerprint density at radius 1 is 0.844 bits per heavy atom. The molecular formula is C26H42O5S. The largest absolute Gasteiger partial charge is 0.494 e. The number of thioether (sulfide) groups is 1. The van der Waals surface area contributed by atoms with Crippen molar-refractivity contribution in [1.29, 1.82) is 0 Å². The average molecular weight is 467 g/mol. The fraction of sp³-hybridized carbons (Fsp3) is 0.692. The number of ketones is 1. The van der Waals surface area contributed by atoms with Crippen molar-refractivity contribution in [2.45, 2.75) is 91.1 Å². The molecule has 0 heterocycles. The van der Waals surface area contributed by atoms with Crippen LogP contribution in [0.2, 0.25) is 0 Å². The average Bonchev–Trinajstić information content (AvgIpc) is 2.74. The summed E-state index contributed by atoms with van der Waals surface area (Å²) in [5.41, 5.74) is -0.473. The lowest BCUT2D eigenvalue weighted by atomic mass is 10.1. The number of unbranched alkanes of at least 4 members (excludes halogenated alkanes) is 7. The Balaban J connectivity index is 2.08. The topological polar surface area (TPSA) is 61.8 Å². The fourth-order valence-electron chi connectivity index (χ4n) is 3.00. The molecule has 0 saturated heterocycles. The summed E-state index contributed by atoms with van der Waals surface area (Å²) in [6, 6.07) is 7.40. The summed E-state index contributed by atoms with van der Waals surface area (Å²) in [4.78, 5) is 23.6. The molecule has 0 aromatic heterocycles. The predicted octanol–water partition coefficient (Wildman–Crippen LogP) is 6.62. The van der Waals surface area contributed by atoms with Crippen molar-refractivity contribution in [1.82, 2.24) is 0 Å². The van der Waals surface area contributed by atoms with Gasteiger partial charge in [-0.2, -0.15) is 11.8 Å². The van der Waals surface area contributed by atoms with Gasteiger partial charge in [0.2, 0.25) is 0 Å². The number of hydrogen-bond donors (Lipinski definition) is 0. The predicted molar refractivity (Wildman–Crippen MR) is 133 cm³/mol. The van der Waals surface area contributed by atoms with Gasteiger partial charge in [0.05, 0.1) is 18.8 Å². The number of carbonyl (C=O) groups excluding carboxylic acids is 2. The number of esters is 1. The molecule has 0 aliphatic heterocycles. The van der Waals surface area contributed by atoms with Crippen molar-refractivity contribution in [3.05, 3.63) is 24.3 Å². The van der Waals surface area contributed by atoms with Crippen LogP contribution in [0.15, 0.2) is 24.3 Å². The van der Waals surface area contributed by atoms with Crippen molar-refractivity contribution in [2.75, 3.05) is 24.7 Å². The highest BCUT2D eigenvalue weighted by Crippen LogP contribution is 2.18. The molecule has 0 fully saturated rings. The fourth-order valence-corrected chi connectivity index (χ4v) is 3.76. The minimum atomic E-state index is -0.473. The Hall–Kier alpha value is -1.69. The summed E-state index contributed by atoms with van der Waals surface area (Å²) < 4.78 is 16.6. The molecule has 6 heteroatoms. The van der Waals surface area contributed by atoms with Gasteiger partial charge >= 0.3 is 5.97 Å². The second-order valence-corrected chi connectivity index (χ2v) is 10.1. The third-order valence-electron chi connectivity index (χ3n) is 4.62. The van der Waals surface area contributed by atoms with Crippen LogP contribution in [0.1, 0.15) is 85.5 Å². The van der Waals surface area contributed by atoms with Crippen LogP contribution in [0.3, 0.4) is 0 Å². The van der Waals surface area contributed by atoms with Crippen LogP contribution in [0.5, 0.6) is 11.5 Å². The summed E-state index contributed by atoms with van der Waals surface area (Å²) in [7, 11) is 0. The molecule has 1 aromatic rings. The summed E-state index contributed by atoms with van der Waals surface area (Å²) in [6.45, 7) is 8.53. The number of carbonyl (C=O) groups is 2. The lowest BCUT2D eigenvalue weighted by Crippen LogP contribution is -2.24. The van der Waals surface area contributed by atoms with E-state index in [1.165, 1.54) is 56.7 Å². The number of Topliss-reactive ketones (excluding diaryl/α,β-unsaturated/α-hetero) is 1. The minimum absolute atomic E-state index is 0.00536. The Kier molecular flexibility index (Phi) is 14.9. The van der Waals surface area contributed by atoms with Gasteiger partial charge in [0.25, 0.3) is 0 Å². The maximum absolute atomic E-state index is 12.0. The molecular weight excluding hydrogens is 424 g/mol. The second-order valence-electron chi connectivity index (χ2n) is 9.01. The Morgan fingerprint density at radius 2 is 1.41 bits per heavy atom. The van der Waals surface area contributed by atoms with E-state index >= 15 is 0 Å². The van der Waals surface area contributed by atoms with E-state index in [-0.39, 0.29) is 18.4 Å². The minimum Gasteiger partial charge on any atom is -0.494 e. The maximum atomic E-state index is 12.0. The number of rotatable bonds is 18. The molecule has 0 bridgehead atoms. The molecule has 0 spiro atoms. The van der Waals surface area contributed by atoms with Crippen LogP contribution in [0, 0.1) is 0 Å². The molecule has 0 aliphatic carbocycles. The van der Waals surface area contributed by atoms with Gasteiger partial charge in [-0.05, 0) is 51.5 Å². The molecule has 32 heavy (non-hydrogen) atoms. The Labute approximate surface area is 199 Å². The van der Waals surface area contributed by atoms with Crippen molar-refractivity contribution >= 4 is 23.5 Å². The zero-order chi connectivity index (χ0) is 23.7. The van der Waals surface area contributed by atoms with E-state index in [2.05, 4.69) is 6.92 Å². The van der Waals surface area contributed by atoms with Crippen LogP contribution < -0.4 is 9.47 Å². The van der Waals surface area contributed by atoms with Crippen LogP contribution in [-0.4, -0.2) is 42.1 Å². The third kappa shape index (κ3) is 16.0. The number of ether oxygens (including phenoxy) is 3. The highest BCUT2D eigenvalue weighted by Gasteiger charge is 2.16. The lowest BCUT2D eigenvalue weighted by molar-refractivity contribution is -0.154. The first kappa shape index (κ1) is 28.3. The van der Waals surface area contributed by atoms with Gasteiger partial charge in [-0.25, -0.2) is 0 Å². The summed E-state index contributed by atoms with van der Waals surface area (Å²) in [5, 5.41) is 0. The molecule has 0 unspecified atom stereocenters. The number of hydrogen-bond acceptors (Lipinski definition) is 6. The monoisotopic (exact) mass is 466 g/mol. The van der Waals surface area contributed by atoms with E-state index in [0.29, 0.717) is 23.7 Å². The van der Waals surface area contributed by atoms with Gasteiger partial charge in [-0.3, -0.25) is 9.59 Å². The number of benzene rings is 1. The van der Waals surface area contributed by atoms with Gasteiger partial charge < -0.3 is 14.2 Å². The van der Waals surface area contributed by atoms with E-state index in [0.717, 1.165) is 18.8 Å². The van der Waals surface area contributed by atoms with E-state index < -0.39 is 5.60 Å². The molecule has 0 amide bonds. The van der Waals surface area contributed by atoms with Crippen LogP contribution in [0.4, 0.5) is 0 Å². The van der Waals surface area contributed by atoms with Crippen molar-refractivity contribution in [3.63, 3.8) is 0 Å². The van der Waals surface area contributed by atoms with Crippen molar-refractivity contribution < 1.29 is 23.8 Å². The van der Waals surface area contributed by atoms with Crippen molar-refractivity contribution in [3.8, 4) is 11.5 Å². The van der Waals surface area contributed by atoms with Crippen molar-refractivity contribution in [2.24, 2.45) is 0 Å². The standard InChI is InChI=1S/C26H42O5S/c1-5-6-7-8-9-10-11-12-18-29-23-13-15-24(16-14-23)30-20-22(27)21-32-19-17-25(28)31-26(2,3)4/h13-16H,5-12,17-21H2,1-4H3. The molecule has 0 atom stereocenters. The van der Waals surface area contributed by atoms with Crippen LogP contribution >= 0.6 is 11.8 Å². The summed E-state index contributed by atoms with van der Waals surface area (Å²) in [5.74, 6) is 2.11.